The van der Waals surface area contributed by atoms with Crippen LogP contribution in [-0.4, -0.2) is 42.1 Å². The molecule has 1 aromatic carbocycles. The normalized spacial score (nSPS) is 27.1. The van der Waals surface area contributed by atoms with Gasteiger partial charge < -0.3 is 19.6 Å². The number of fused-ring (bicyclic) bond motifs is 1. The second kappa shape index (κ2) is 6.13. The van der Waals surface area contributed by atoms with Crippen LogP contribution in [0.25, 0.3) is 0 Å². The first-order chi connectivity index (χ1) is 12.2. The summed E-state index contributed by atoms with van der Waals surface area (Å²) in [5, 5.41) is 8.13. The van der Waals surface area contributed by atoms with E-state index in [1.54, 1.807) is 0 Å². The Morgan fingerprint density at radius 1 is 1.42 bits per heavy atom. The Labute approximate surface area is 157 Å². The monoisotopic (exact) mass is 378 g/mol. The number of benzene rings is 1. The van der Waals surface area contributed by atoms with E-state index < -0.39 is 11.2 Å². The molecule has 2 atom stereocenters. The van der Waals surface area contributed by atoms with Crippen LogP contribution >= 0.6 is 11.6 Å². The Morgan fingerprint density at radius 2 is 2.23 bits per heavy atom. The summed E-state index contributed by atoms with van der Waals surface area (Å²) in [7, 11) is 0. The minimum absolute atomic E-state index is 0.246. The van der Waals surface area contributed by atoms with Crippen molar-refractivity contribution in [2.24, 2.45) is 5.16 Å². The fourth-order valence-corrected chi connectivity index (χ4v) is 3.97. The number of ether oxygens (including phenoxy) is 2. The van der Waals surface area contributed by atoms with E-state index in [2.05, 4.69) is 16.5 Å². The molecule has 7 heteroatoms. The topological polar surface area (TPSA) is 69.2 Å². The van der Waals surface area contributed by atoms with Crippen LogP contribution in [-0.2, 0) is 20.8 Å². The van der Waals surface area contributed by atoms with Crippen molar-refractivity contribution in [3.63, 3.8) is 0 Å². The van der Waals surface area contributed by atoms with Crippen LogP contribution in [0.2, 0.25) is 5.02 Å². The minimum atomic E-state index is -0.504. The second-order valence-corrected chi connectivity index (χ2v) is 8.61. The van der Waals surface area contributed by atoms with E-state index in [4.69, 9.17) is 25.9 Å². The molecule has 0 saturated carbocycles. The lowest BCUT2D eigenvalue weighted by atomic mass is 9.91. The zero-order valence-electron chi connectivity index (χ0n) is 15.2. The standard InChI is InChI=1S/C19H23ClN2O4/c1-18(2,3)25-17(23)15-9-19(10-21-15)8-14(22-26-19)12-6-11-4-5-24-16(11)13(20)7-12/h6-7,15,21H,4-5,8-10H2,1-3H3/t15-,19+/m0/s1. The molecular formula is C19H23ClN2O4. The molecule has 1 aromatic rings. The molecule has 0 aliphatic carbocycles. The summed E-state index contributed by atoms with van der Waals surface area (Å²) < 4.78 is 11.0. The van der Waals surface area contributed by atoms with Crippen molar-refractivity contribution in [2.75, 3.05) is 13.2 Å². The summed E-state index contributed by atoms with van der Waals surface area (Å²) in [4.78, 5) is 18.1. The van der Waals surface area contributed by atoms with Crippen molar-refractivity contribution >= 4 is 23.3 Å². The zero-order valence-corrected chi connectivity index (χ0v) is 16.0. The number of hydrogen-bond donors (Lipinski definition) is 1. The van der Waals surface area contributed by atoms with E-state index in [9.17, 15) is 4.79 Å². The molecule has 140 valence electrons. The number of carbonyl (C=O) groups excluding carboxylic acids is 1. The summed E-state index contributed by atoms with van der Waals surface area (Å²) in [6, 6.07) is 3.57. The maximum absolute atomic E-state index is 12.3. The smallest absolute Gasteiger partial charge is 0.323 e. The molecule has 1 spiro atoms. The predicted octanol–water partition coefficient (Wildman–Crippen LogP) is 2.84. The first-order valence-electron chi connectivity index (χ1n) is 8.92. The van der Waals surface area contributed by atoms with Crippen LogP contribution in [0.4, 0.5) is 0 Å². The van der Waals surface area contributed by atoms with Crippen LogP contribution in [0.15, 0.2) is 17.3 Å². The molecule has 3 heterocycles. The van der Waals surface area contributed by atoms with Gasteiger partial charge in [0.05, 0.1) is 17.3 Å². The quantitative estimate of drug-likeness (QED) is 0.801. The van der Waals surface area contributed by atoms with E-state index in [1.807, 2.05) is 26.8 Å². The molecule has 3 aliphatic rings. The molecule has 1 saturated heterocycles. The van der Waals surface area contributed by atoms with E-state index in [1.165, 1.54) is 0 Å². The van der Waals surface area contributed by atoms with Gasteiger partial charge in [-0.2, -0.15) is 0 Å². The van der Waals surface area contributed by atoms with E-state index >= 15 is 0 Å². The lowest BCUT2D eigenvalue weighted by Gasteiger charge is -2.23. The molecule has 1 fully saturated rings. The van der Waals surface area contributed by atoms with Crippen LogP contribution in [0.3, 0.4) is 0 Å². The average molecular weight is 379 g/mol. The van der Waals surface area contributed by atoms with E-state index in [-0.39, 0.29) is 12.0 Å². The van der Waals surface area contributed by atoms with Crippen molar-refractivity contribution in [1.29, 1.82) is 0 Å². The number of carbonyl (C=O) groups is 1. The molecule has 0 amide bonds. The van der Waals surface area contributed by atoms with Gasteiger partial charge in [0.2, 0.25) is 0 Å². The average Bonchev–Trinajstić information content (AvgIpc) is 3.26. The van der Waals surface area contributed by atoms with Gasteiger partial charge in [-0.15, -0.1) is 0 Å². The van der Waals surface area contributed by atoms with Gasteiger partial charge in [0.25, 0.3) is 0 Å². The molecule has 4 rings (SSSR count). The predicted molar refractivity (Wildman–Crippen MR) is 97.9 cm³/mol. The molecule has 0 bridgehead atoms. The highest BCUT2D eigenvalue weighted by Crippen LogP contribution is 2.39. The molecule has 3 aliphatic heterocycles. The molecule has 0 unspecified atom stereocenters. The summed E-state index contributed by atoms with van der Waals surface area (Å²) in [5.74, 6) is 0.529. The van der Waals surface area contributed by atoms with Gasteiger partial charge in [0, 0.05) is 31.4 Å². The Kier molecular flexibility index (Phi) is 4.15. The first-order valence-corrected chi connectivity index (χ1v) is 9.29. The fraction of sp³-hybridized carbons (Fsp3) is 0.579. The maximum Gasteiger partial charge on any atom is 0.323 e. The molecule has 6 nitrogen and oxygen atoms in total. The lowest BCUT2D eigenvalue weighted by molar-refractivity contribution is -0.157. The van der Waals surface area contributed by atoms with Crippen LogP contribution in [0, 0.1) is 0 Å². The maximum atomic E-state index is 12.3. The summed E-state index contributed by atoms with van der Waals surface area (Å²) in [6.07, 6.45) is 2.02. The van der Waals surface area contributed by atoms with Crippen LogP contribution in [0.5, 0.6) is 5.75 Å². The van der Waals surface area contributed by atoms with Crippen LogP contribution < -0.4 is 10.1 Å². The highest BCUT2D eigenvalue weighted by molar-refractivity contribution is 6.32. The molecule has 0 radical (unpaired) electrons. The molecule has 26 heavy (non-hydrogen) atoms. The molecule has 0 aromatic heterocycles. The highest BCUT2D eigenvalue weighted by Gasteiger charge is 2.49. The number of hydrogen-bond acceptors (Lipinski definition) is 6. The Hall–Kier alpha value is -1.79. The van der Waals surface area contributed by atoms with Crippen molar-refractivity contribution in [2.45, 2.75) is 57.3 Å². The van der Waals surface area contributed by atoms with Crippen molar-refractivity contribution in [3.8, 4) is 5.75 Å². The number of rotatable bonds is 2. The van der Waals surface area contributed by atoms with Crippen molar-refractivity contribution in [3.05, 3.63) is 28.3 Å². The first kappa shape index (κ1) is 17.6. The van der Waals surface area contributed by atoms with Gasteiger partial charge in [0.15, 0.2) is 5.60 Å². The third-order valence-corrected chi connectivity index (χ3v) is 5.13. The van der Waals surface area contributed by atoms with Gasteiger partial charge in [-0.3, -0.25) is 4.79 Å². The van der Waals surface area contributed by atoms with Gasteiger partial charge in [0.1, 0.15) is 17.4 Å². The Balaban J connectivity index is 1.46. The van der Waals surface area contributed by atoms with E-state index in [0.717, 1.165) is 29.0 Å². The van der Waals surface area contributed by atoms with Crippen molar-refractivity contribution < 1.29 is 19.1 Å². The Bertz CT molecular complexity index is 786. The number of oxime groups is 1. The number of esters is 1. The highest BCUT2D eigenvalue weighted by atomic mass is 35.5. The largest absolute Gasteiger partial charge is 0.491 e. The van der Waals surface area contributed by atoms with Crippen molar-refractivity contribution in [1.82, 2.24) is 5.32 Å². The van der Waals surface area contributed by atoms with Gasteiger partial charge >= 0.3 is 5.97 Å². The van der Waals surface area contributed by atoms with E-state index in [0.29, 0.717) is 31.0 Å². The summed E-state index contributed by atoms with van der Waals surface area (Å²) in [6.45, 7) is 6.82. The number of nitrogens with one attached hydrogen (secondary N) is 1. The van der Waals surface area contributed by atoms with Gasteiger partial charge in [-0.05, 0) is 38.5 Å². The molecular weight excluding hydrogens is 356 g/mol. The Morgan fingerprint density at radius 3 is 3.00 bits per heavy atom. The molecule has 1 N–H and O–H groups in total. The summed E-state index contributed by atoms with van der Waals surface area (Å²) in [5.41, 5.74) is 1.91. The number of halogens is 1. The van der Waals surface area contributed by atoms with Crippen LogP contribution in [0.1, 0.15) is 44.7 Å². The third-order valence-electron chi connectivity index (χ3n) is 4.85. The third kappa shape index (κ3) is 3.28. The SMILES string of the molecule is CC(C)(C)OC(=O)[C@@H]1C[C@@]2(CN1)CC(c1cc(Cl)c3c(c1)CCO3)=NO2. The zero-order chi connectivity index (χ0) is 18.5. The minimum Gasteiger partial charge on any atom is -0.491 e. The fourth-order valence-electron chi connectivity index (χ4n) is 3.67. The lowest BCUT2D eigenvalue weighted by Crippen LogP contribution is -2.37. The second-order valence-electron chi connectivity index (χ2n) is 8.20. The number of nitrogens with zero attached hydrogens (tertiary/aromatic N) is 1. The summed E-state index contributed by atoms with van der Waals surface area (Å²) >= 11 is 6.34. The van der Waals surface area contributed by atoms with Gasteiger partial charge in [-0.25, -0.2) is 0 Å². The van der Waals surface area contributed by atoms with Gasteiger partial charge in [-0.1, -0.05) is 16.8 Å².